The topological polar surface area (TPSA) is 106 Å². The number of aryl methyl sites for hydroxylation is 2. The van der Waals surface area contributed by atoms with E-state index in [0.717, 1.165) is 60.6 Å². The second kappa shape index (κ2) is 9.47. The first-order valence-electron chi connectivity index (χ1n) is 12.7. The second-order valence-electron chi connectivity index (χ2n) is 9.73. The lowest BCUT2D eigenvalue weighted by molar-refractivity contribution is -0.118. The van der Waals surface area contributed by atoms with Crippen LogP contribution in [-0.4, -0.2) is 78.5 Å². The Morgan fingerprint density at radius 2 is 2.00 bits per heavy atom. The van der Waals surface area contributed by atoms with Gasteiger partial charge >= 0.3 is 0 Å². The molecule has 0 saturated carbocycles. The molecule has 1 amide bonds. The number of likely N-dealkylation sites (tertiary alicyclic amines) is 1. The molecule has 2 atom stereocenters. The van der Waals surface area contributed by atoms with E-state index in [1.165, 1.54) is 0 Å². The van der Waals surface area contributed by atoms with E-state index < -0.39 is 0 Å². The van der Waals surface area contributed by atoms with Crippen molar-refractivity contribution >= 4 is 23.2 Å². The Labute approximate surface area is 215 Å². The number of fused-ring (bicyclic) bond motifs is 1. The number of pyridine rings is 1. The maximum Gasteiger partial charge on any atom is 0.248 e. The fraction of sp³-hybridized carbons (Fsp3) is 0.423. The highest BCUT2D eigenvalue weighted by Gasteiger charge is 2.36. The molecule has 0 radical (unpaired) electrons. The van der Waals surface area contributed by atoms with Crippen molar-refractivity contribution in [3.05, 3.63) is 48.5 Å². The first kappa shape index (κ1) is 23.4. The van der Waals surface area contributed by atoms with Gasteiger partial charge in [0.1, 0.15) is 18.3 Å². The minimum Gasteiger partial charge on any atom is -0.488 e. The number of aromatic nitrogens is 6. The highest BCUT2D eigenvalue weighted by molar-refractivity contribution is 5.97. The van der Waals surface area contributed by atoms with Crippen molar-refractivity contribution in [2.24, 2.45) is 7.05 Å². The summed E-state index contributed by atoms with van der Waals surface area (Å²) in [4.78, 5) is 26.0. The number of anilines is 2. The van der Waals surface area contributed by atoms with Gasteiger partial charge in [0.25, 0.3) is 0 Å². The molecule has 4 aromatic heterocycles. The van der Waals surface area contributed by atoms with E-state index in [9.17, 15) is 4.79 Å². The molecule has 2 aliphatic rings. The molecule has 6 rings (SSSR count). The van der Waals surface area contributed by atoms with Crippen LogP contribution in [0.5, 0.6) is 5.75 Å². The monoisotopic (exact) mass is 501 g/mol. The number of hydrogen-bond acceptors (Lipinski definition) is 8. The largest absolute Gasteiger partial charge is 0.488 e. The first-order chi connectivity index (χ1) is 18.0. The number of rotatable bonds is 8. The summed E-state index contributed by atoms with van der Waals surface area (Å²) in [5.41, 5.74) is 3.74. The molecule has 11 heteroatoms. The van der Waals surface area contributed by atoms with Gasteiger partial charge in [0.2, 0.25) is 11.9 Å². The molecule has 4 aromatic rings. The van der Waals surface area contributed by atoms with Crippen molar-refractivity contribution < 1.29 is 9.53 Å². The first-order valence-corrected chi connectivity index (χ1v) is 12.7. The van der Waals surface area contributed by atoms with E-state index in [1.807, 2.05) is 47.9 Å². The van der Waals surface area contributed by atoms with Crippen LogP contribution < -0.4 is 15.0 Å². The molecule has 6 heterocycles. The summed E-state index contributed by atoms with van der Waals surface area (Å²) < 4.78 is 9.78. The summed E-state index contributed by atoms with van der Waals surface area (Å²) in [6.07, 6.45) is 9.11. The zero-order chi connectivity index (χ0) is 25.5. The molecule has 0 aliphatic carbocycles. The Morgan fingerprint density at radius 3 is 2.70 bits per heavy atom. The smallest absolute Gasteiger partial charge is 0.248 e. The Balaban J connectivity index is 1.16. The third kappa shape index (κ3) is 4.39. The number of hydrogen-bond donors (Lipinski definition) is 1. The maximum atomic E-state index is 13.0. The molecule has 2 fully saturated rings. The van der Waals surface area contributed by atoms with Crippen LogP contribution in [-0.2, 0) is 11.8 Å². The van der Waals surface area contributed by atoms with Crippen LogP contribution in [0.2, 0.25) is 0 Å². The van der Waals surface area contributed by atoms with Gasteiger partial charge < -0.3 is 15.0 Å². The molecule has 192 valence electrons. The summed E-state index contributed by atoms with van der Waals surface area (Å²) in [5, 5.41) is 11.9. The molecule has 11 nitrogen and oxygen atoms in total. The number of nitrogens with zero attached hydrogens (tertiary/aromatic N) is 8. The van der Waals surface area contributed by atoms with Gasteiger partial charge in [-0.15, -0.1) is 0 Å². The average molecular weight is 502 g/mol. The molecule has 0 aromatic carbocycles. The van der Waals surface area contributed by atoms with Crippen LogP contribution in [0, 0.1) is 6.92 Å². The van der Waals surface area contributed by atoms with Crippen LogP contribution in [0.4, 0.5) is 11.8 Å². The van der Waals surface area contributed by atoms with Crippen LogP contribution >= 0.6 is 0 Å². The summed E-state index contributed by atoms with van der Waals surface area (Å²) in [5.74, 6) is 1.74. The molecule has 0 bridgehead atoms. The third-order valence-electron chi connectivity index (χ3n) is 7.34. The lowest BCUT2D eigenvalue weighted by Gasteiger charge is -2.39. The molecule has 0 unspecified atom stereocenters. The zero-order valence-corrected chi connectivity index (χ0v) is 21.3. The van der Waals surface area contributed by atoms with Crippen molar-refractivity contribution in [1.82, 2.24) is 34.3 Å². The minimum atomic E-state index is -0.309. The number of carbonyl (C=O) groups excluding carboxylic acids is 1. The van der Waals surface area contributed by atoms with Crippen molar-refractivity contribution in [3.63, 3.8) is 0 Å². The Bertz CT molecular complexity index is 1430. The summed E-state index contributed by atoms with van der Waals surface area (Å²) >= 11 is 0. The van der Waals surface area contributed by atoms with Crippen molar-refractivity contribution in [2.75, 3.05) is 36.5 Å². The van der Waals surface area contributed by atoms with E-state index in [0.29, 0.717) is 24.4 Å². The van der Waals surface area contributed by atoms with Gasteiger partial charge in [-0.25, -0.2) is 14.5 Å². The number of ether oxygens (including phenoxy) is 1. The Kier molecular flexibility index (Phi) is 5.99. The SMILES string of the molecule is CCN1CC[C@@H]1COc1cnn(C)c1-c1ccn2nc(NC(=O)[C@@H]3CCN3c3ncc(C)cn3)cc2c1. The van der Waals surface area contributed by atoms with Crippen LogP contribution in [0.15, 0.2) is 43.0 Å². The normalized spacial score (nSPS) is 19.5. The molecular weight excluding hydrogens is 470 g/mol. The molecule has 2 aliphatic heterocycles. The molecule has 1 N–H and O–H groups in total. The van der Waals surface area contributed by atoms with Gasteiger partial charge in [-0.2, -0.15) is 10.2 Å². The standard InChI is InChI=1S/C26H31N9O2/c1-4-33-8-6-19(33)16-37-22-15-29-32(3)24(22)18-5-10-35-20(11-18)12-23(31-35)30-25(36)21-7-9-34(21)26-27-13-17(2)14-28-26/h5,10-15,19,21H,4,6-9,16H2,1-3H3,(H,30,31,36)/t19-,21+/m1/s1. The Morgan fingerprint density at radius 1 is 1.16 bits per heavy atom. The van der Waals surface area contributed by atoms with Crippen LogP contribution in [0.1, 0.15) is 25.3 Å². The van der Waals surface area contributed by atoms with E-state index in [4.69, 9.17) is 4.74 Å². The van der Waals surface area contributed by atoms with Gasteiger partial charge in [0.15, 0.2) is 11.6 Å². The van der Waals surface area contributed by atoms with Gasteiger partial charge in [-0.1, -0.05) is 6.92 Å². The quantitative estimate of drug-likeness (QED) is 0.393. The molecule has 2 saturated heterocycles. The van der Waals surface area contributed by atoms with Crippen LogP contribution in [0.25, 0.3) is 16.8 Å². The van der Waals surface area contributed by atoms with E-state index in [-0.39, 0.29) is 11.9 Å². The van der Waals surface area contributed by atoms with Crippen LogP contribution in [0.3, 0.4) is 0 Å². The molecule has 0 spiro atoms. The Hall–Kier alpha value is -3.99. The fourth-order valence-corrected chi connectivity index (χ4v) is 4.98. The van der Waals surface area contributed by atoms with E-state index >= 15 is 0 Å². The van der Waals surface area contributed by atoms with Gasteiger partial charge in [-0.05, 0) is 44.0 Å². The van der Waals surface area contributed by atoms with Gasteiger partial charge in [-0.3, -0.25) is 14.4 Å². The van der Waals surface area contributed by atoms with E-state index in [1.54, 1.807) is 23.1 Å². The lowest BCUT2D eigenvalue weighted by atomic mass is 10.0. The highest BCUT2D eigenvalue weighted by atomic mass is 16.5. The number of amides is 1. The van der Waals surface area contributed by atoms with Gasteiger partial charge in [0.05, 0.1) is 11.7 Å². The average Bonchev–Trinajstić information content (AvgIpc) is 3.41. The zero-order valence-electron chi connectivity index (χ0n) is 21.3. The number of likely N-dealkylation sites (N-methyl/N-ethyl adjacent to an activating group) is 1. The lowest BCUT2D eigenvalue weighted by Crippen LogP contribution is -2.55. The maximum absolute atomic E-state index is 13.0. The van der Waals surface area contributed by atoms with Crippen molar-refractivity contribution in [3.8, 4) is 17.0 Å². The van der Waals surface area contributed by atoms with Crippen molar-refractivity contribution in [2.45, 2.75) is 38.8 Å². The molecule has 37 heavy (non-hydrogen) atoms. The summed E-state index contributed by atoms with van der Waals surface area (Å²) in [6.45, 7) is 7.71. The van der Waals surface area contributed by atoms with Crippen molar-refractivity contribution in [1.29, 1.82) is 0 Å². The minimum absolute atomic E-state index is 0.113. The van der Waals surface area contributed by atoms with E-state index in [2.05, 4.69) is 37.3 Å². The summed E-state index contributed by atoms with van der Waals surface area (Å²) in [7, 11) is 1.91. The highest BCUT2D eigenvalue weighted by Crippen LogP contribution is 2.32. The summed E-state index contributed by atoms with van der Waals surface area (Å²) in [6, 6.07) is 6.04. The number of carbonyl (C=O) groups is 1. The third-order valence-corrected chi connectivity index (χ3v) is 7.34. The predicted molar refractivity (Wildman–Crippen MR) is 140 cm³/mol. The second-order valence-corrected chi connectivity index (χ2v) is 9.73. The van der Waals surface area contributed by atoms with Gasteiger partial charge in [0, 0.05) is 56.4 Å². The number of nitrogens with one attached hydrogen (secondary N) is 1. The molecular formula is C26H31N9O2. The predicted octanol–water partition coefficient (Wildman–Crippen LogP) is 2.52. The fourth-order valence-electron chi connectivity index (χ4n) is 4.98.